The van der Waals surface area contributed by atoms with Crippen LogP contribution in [0.5, 0.6) is 0 Å². The lowest BCUT2D eigenvalue weighted by molar-refractivity contribution is 0.0737. The first-order valence-corrected chi connectivity index (χ1v) is 9.51. The summed E-state index contributed by atoms with van der Waals surface area (Å²) < 4.78 is 1.96. The Kier molecular flexibility index (Phi) is 4.17. The summed E-state index contributed by atoms with van der Waals surface area (Å²) in [4.78, 5) is 16.1. The summed E-state index contributed by atoms with van der Waals surface area (Å²) in [5.41, 5.74) is 3.95. The van der Waals surface area contributed by atoms with Crippen LogP contribution in [0.2, 0.25) is 0 Å². The first kappa shape index (κ1) is 16.1. The van der Waals surface area contributed by atoms with Crippen LogP contribution >= 0.6 is 11.3 Å². The predicted octanol–water partition coefficient (Wildman–Crippen LogP) is 4.26. The van der Waals surface area contributed by atoms with Crippen LogP contribution in [-0.2, 0) is 12.8 Å². The van der Waals surface area contributed by atoms with Gasteiger partial charge in [0.1, 0.15) is 0 Å². The molecule has 1 aliphatic carbocycles. The van der Waals surface area contributed by atoms with E-state index in [1.54, 1.807) is 11.3 Å². The second kappa shape index (κ2) is 6.48. The molecule has 0 saturated heterocycles. The third-order valence-corrected chi connectivity index (χ3v) is 6.03. The second-order valence-corrected chi connectivity index (χ2v) is 7.46. The summed E-state index contributed by atoms with van der Waals surface area (Å²) in [5.74, 6) is 0.00808. The van der Waals surface area contributed by atoms with E-state index in [0.29, 0.717) is 5.69 Å². The Morgan fingerprint density at radius 3 is 2.72 bits per heavy atom. The second-order valence-electron chi connectivity index (χ2n) is 6.48. The number of para-hydroxylation sites is 1. The largest absolute Gasteiger partial charge is 0.333 e. The minimum Gasteiger partial charge on any atom is -0.333 e. The third kappa shape index (κ3) is 2.78. The number of carbonyl (C=O) groups excluding carboxylic acids is 1. The number of rotatable bonds is 4. The fraction of sp³-hybridized carbons (Fsp3) is 0.300. The monoisotopic (exact) mass is 351 g/mol. The van der Waals surface area contributed by atoms with Gasteiger partial charge >= 0.3 is 0 Å². The summed E-state index contributed by atoms with van der Waals surface area (Å²) in [5, 5.41) is 6.76. The van der Waals surface area contributed by atoms with Crippen LogP contribution in [0.1, 0.15) is 46.0 Å². The number of thiophene rings is 1. The van der Waals surface area contributed by atoms with Crippen LogP contribution in [0.25, 0.3) is 5.69 Å². The van der Waals surface area contributed by atoms with Gasteiger partial charge in [0.2, 0.25) is 0 Å². The van der Waals surface area contributed by atoms with Gasteiger partial charge in [-0.3, -0.25) is 4.79 Å². The lowest BCUT2D eigenvalue weighted by Crippen LogP contribution is -2.30. The van der Waals surface area contributed by atoms with Gasteiger partial charge in [0.05, 0.1) is 11.7 Å². The van der Waals surface area contributed by atoms with E-state index in [9.17, 15) is 4.79 Å². The summed E-state index contributed by atoms with van der Waals surface area (Å²) in [6.45, 7) is 2.07. The van der Waals surface area contributed by atoms with E-state index >= 15 is 0 Å². The molecule has 0 spiro atoms. The molecule has 0 aliphatic heterocycles. The Labute approximate surface area is 151 Å². The van der Waals surface area contributed by atoms with Gasteiger partial charge < -0.3 is 4.90 Å². The number of carbonyl (C=O) groups is 1. The molecule has 5 heteroatoms. The van der Waals surface area contributed by atoms with Gasteiger partial charge in [0.25, 0.3) is 5.91 Å². The first-order valence-electron chi connectivity index (χ1n) is 8.63. The van der Waals surface area contributed by atoms with E-state index in [0.717, 1.165) is 30.5 Å². The van der Waals surface area contributed by atoms with Gasteiger partial charge in [-0.1, -0.05) is 24.3 Å². The summed E-state index contributed by atoms with van der Waals surface area (Å²) >= 11 is 1.68. The van der Waals surface area contributed by atoms with Gasteiger partial charge in [0, 0.05) is 23.2 Å². The smallest absolute Gasteiger partial charge is 0.274 e. The van der Waals surface area contributed by atoms with E-state index in [2.05, 4.69) is 13.0 Å². The third-order valence-electron chi connectivity index (χ3n) is 4.99. The van der Waals surface area contributed by atoms with Crippen molar-refractivity contribution < 1.29 is 4.79 Å². The molecule has 1 unspecified atom stereocenters. The Balaban J connectivity index is 1.70. The summed E-state index contributed by atoms with van der Waals surface area (Å²) in [6.07, 6.45) is 3.00. The molecule has 1 amide bonds. The number of aromatic nitrogens is 2. The van der Waals surface area contributed by atoms with E-state index in [-0.39, 0.29) is 11.9 Å². The molecule has 1 atom stereocenters. The SMILES string of the molecule is CC(c1cccs1)N(C)C(=O)c1nn(-c2ccccc2)c2c1CCC2. The van der Waals surface area contributed by atoms with Crippen molar-refractivity contribution >= 4 is 17.2 Å². The van der Waals surface area contributed by atoms with Gasteiger partial charge in [0.15, 0.2) is 5.69 Å². The maximum atomic E-state index is 13.1. The highest BCUT2D eigenvalue weighted by Gasteiger charge is 2.30. The molecule has 0 radical (unpaired) electrons. The highest BCUT2D eigenvalue weighted by molar-refractivity contribution is 7.10. The van der Waals surface area contributed by atoms with Crippen LogP contribution in [0, 0.1) is 0 Å². The van der Waals surface area contributed by atoms with E-state index < -0.39 is 0 Å². The molecule has 25 heavy (non-hydrogen) atoms. The Morgan fingerprint density at radius 1 is 1.20 bits per heavy atom. The normalized spacial score (nSPS) is 14.3. The molecule has 0 bridgehead atoms. The molecule has 4 rings (SSSR count). The zero-order valence-electron chi connectivity index (χ0n) is 14.5. The average molecular weight is 351 g/mol. The standard InChI is InChI=1S/C20H21N3OS/c1-14(18-12-7-13-25-18)22(2)20(24)19-16-10-6-11-17(16)23(21-19)15-8-4-3-5-9-15/h3-5,7-9,12-14H,6,10-11H2,1-2H3. The fourth-order valence-electron chi connectivity index (χ4n) is 3.45. The average Bonchev–Trinajstić information content (AvgIpc) is 3.37. The van der Waals surface area contributed by atoms with Gasteiger partial charge in [-0.2, -0.15) is 5.10 Å². The van der Waals surface area contributed by atoms with Crippen LogP contribution in [-0.4, -0.2) is 27.6 Å². The number of hydrogen-bond acceptors (Lipinski definition) is 3. The van der Waals surface area contributed by atoms with Gasteiger partial charge in [-0.15, -0.1) is 11.3 Å². The van der Waals surface area contributed by atoms with Crippen molar-refractivity contribution in [3.63, 3.8) is 0 Å². The number of benzene rings is 1. The Hall–Kier alpha value is -2.40. The molecule has 3 aromatic rings. The number of amides is 1. The molecular formula is C20H21N3OS. The molecule has 0 N–H and O–H groups in total. The molecule has 2 aromatic heterocycles. The molecule has 1 aliphatic rings. The van der Waals surface area contributed by atoms with Crippen molar-refractivity contribution in [1.29, 1.82) is 0 Å². The van der Waals surface area contributed by atoms with Gasteiger partial charge in [-0.05, 0) is 49.8 Å². The number of fused-ring (bicyclic) bond motifs is 1. The van der Waals surface area contributed by atoms with Crippen molar-refractivity contribution in [2.45, 2.75) is 32.2 Å². The van der Waals surface area contributed by atoms with Crippen molar-refractivity contribution in [3.05, 3.63) is 69.7 Å². The Morgan fingerprint density at radius 2 is 2.00 bits per heavy atom. The quantitative estimate of drug-likeness (QED) is 0.704. The van der Waals surface area contributed by atoms with Crippen molar-refractivity contribution in [2.24, 2.45) is 0 Å². The molecule has 2 heterocycles. The molecule has 1 aromatic carbocycles. The zero-order valence-corrected chi connectivity index (χ0v) is 15.3. The molecule has 0 saturated carbocycles. The van der Waals surface area contributed by atoms with Crippen LogP contribution < -0.4 is 0 Å². The molecule has 0 fully saturated rings. The predicted molar refractivity (Wildman–Crippen MR) is 100 cm³/mol. The first-order chi connectivity index (χ1) is 12.2. The lowest BCUT2D eigenvalue weighted by atomic mass is 10.1. The highest BCUT2D eigenvalue weighted by Crippen LogP contribution is 2.30. The summed E-state index contributed by atoms with van der Waals surface area (Å²) in [7, 11) is 1.87. The van der Waals surface area contributed by atoms with Gasteiger partial charge in [-0.25, -0.2) is 4.68 Å². The lowest BCUT2D eigenvalue weighted by Gasteiger charge is -2.23. The zero-order chi connectivity index (χ0) is 17.4. The topological polar surface area (TPSA) is 38.1 Å². The minimum absolute atomic E-state index is 0.00808. The molecule has 128 valence electrons. The Bertz CT molecular complexity index is 883. The van der Waals surface area contributed by atoms with Crippen molar-refractivity contribution in [2.75, 3.05) is 7.05 Å². The van der Waals surface area contributed by atoms with E-state index in [4.69, 9.17) is 5.10 Å². The molecular weight excluding hydrogens is 330 g/mol. The van der Waals surface area contributed by atoms with Crippen LogP contribution in [0.15, 0.2) is 47.8 Å². The van der Waals surface area contributed by atoms with Crippen LogP contribution in [0.3, 0.4) is 0 Å². The van der Waals surface area contributed by atoms with Crippen LogP contribution in [0.4, 0.5) is 0 Å². The summed E-state index contributed by atoms with van der Waals surface area (Å²) in [6, 6.07) is 14.2. The number of hydrogen-bond donors (Lipinski definition) is 0. The van der Waals surface area contributed by atoms with E-state index in [1.165, 1.54) is 10.6 Å². The number of nitrogens with zero attached hydrogens (tertiary/aromatic N) is 3. The maximum Gasteiger partial charge on any atom is 0.274 e. The van der Waals surface area contributed by atoms with Crippen molar-refractivity contribution in [3.8, 4) is 5.69 Å². The van der Waals surface area contributed by atoms with E-state index in [1.807, 2.05) is 58.4 Å². The minimum atomic E-state index is 0.00808. The maximum absolute atomic E-state index is 13.1. The molecule has 4 nitrogen and oxygen atoms in total. The van der Waals surface area contributed by atoms with Crippen molar-refractivity contribution in [1.82, 2.24) is 14.7 Å². The fourth-order valence-corrected chi connectivity index (χ4v) is 4.28. The highest BCUT2D eigenvalue weighted by atomic mass is 32.1.